The van der Waals surface area contributed by atoms with Gasteiger partial charge in [0, 0.05) is 7.05 Å². The first-order valence-electron chi connectivity index (χ1n) is 11.6. The zero-order valence-electron chi connectivity index (χ0n) is 21.7. The molecule has 0 aliphatic carbocycles. The molecule has 2 aromatic heterocycles. The Balaban J connectivity index is 1.61. The summed E-state index contributed by atoms with van der Waals surface area (Å²) < 4.78 is 12.7. The van der Waals surface area contributed by atoms with Gasteiger partial charge < -0.3 is 25.1 Å². The van der Waals surface area contributed by atoms with Crippen LogP contribution in [0.1, 0.15) is 64.7 Å². The molecular weight excluding hydrogens is 514 g/mol. The number of primary amides is 1. The number of benzene rings is 1. The molecule has 3 aromatic rings. The SMILES string of the molecule is CCOC(=O)c1c(NC(=O)CSc2nnc(COc3ccc(C(C)(C)C)cc3)n2C)sc(C(N)=O)c1C. The molecule has 0 unspecified atom stereocenters. The second-order valence-electron chi connectivity index (χ2n) is 9.20. The van der Waals surface area contributed by atoms with Gasteiger partial charge in [0.05, 0.1) is 22.8 Å². The van der Waals surface area contributed by atoms with E-state index in [9.17, 15) is 14.4 Å². The number of nitrogens with two attached hydrogens (primary N) is 1. The zero-order valence-corrected chi connectivity index (χ0v) is 23.3. The van der Waals surface area contributed by atoms with E-state index in [4.69, 9.17) is 15.2 Å². The lowest BCUT2D eigenvalue weighted by atomic mass is 9.87. The topological polar surface area (TPSA) is 138 Å². The lowest BCUT2D eigenvalue weighted by Gasteiger charge is -2.19. The monoisotopic (exact) mass is 545 g/mol. The van der Waals surface area contributed by atoms with Crippen molar-refractivity contribution in [2.75, 3.05) is 17.7 Å². The van der Waals surface area contributed by atoms with E-state index in [1.807, 2.05) is 24.3 Å². The maximum absolute atomic E-state index is 12.7. The van der Waals surface area contributed by atoms with Gasteiger partial charge in [-0.1, -0.05) is 44.7 Å². The molecule has 0 aliphatic heterocycles. The molecule has 10 nitrogen and oxygen atoms in total. The molecule has 0 saturated carbocycles. The zero-order chi connectivity index (χ0) is 27.3. The fraction of sp³-hybridized carbons (Fsp3) is 0.400. The quantitative estimate of drug-likeness (QED) is 0.287. The molecule has 2 heterocycles. The Morgan fingerprint density at radius 2 is 1.84 bits per heavy atom. The standard InChI is InChI=1S/C25H31N5O5S2/c1-7-34-23(33)19-14(2)20(21(26)32)37-22(19)27-18(31)13-36-24-29-28-17(30(24)6)12-35-16-10-8-15(9-11-16)25(3,4)5/h8-11H,7,12-13H2,1-6H3,(H2,26,32)(H,27,31). The number of anilines is 1. The first-order valence-corrected chi connectivity index (χ1v) is 13.4. The van der Waals surface area contributed by atoms with Crippen LogP contribution in [-0.4, -0.2) is 44.9 Å². The molecule has 0 saturated heterocycles. The van der Waals surface area contributed by atoms with Crippen LogP contribution in [0, 0.1) is 6.92 Å². The van der Waals surface area contributed by atoms with Crippen LogP contribution in [0.5, 0.6) is 5.75 Å². The molecule has 37 heavy (non-hydrogen) atoms. The van der Waals surface area contributed by atoms with Crippen molar-refractivity contribution >= 4 is 45.9 Å². The first kappa shape index (κ1) is 28.2. The average Bonchev–Trinajstić information content (AvgIpc) is 3.35. The summed E-state index contributed by atoms with van der Waals surface area (Å²) >= 11 is 2.13. The number of carbonyl (C=O) groups excluding carboxylic acids is 3. The summed E-state index contributed by atoms with van der Waals surface area (Å²) in [6.07, 6.45) is 0. The maximum atomic E-state index is 12.7. The number of hydrogen-bond donors (Lipinski definition) is 2. The van der Waals surface area contributed by atoms with E-state index in [1.165, 1.54) is 17.3 Å². The highest BCUT2D eigenvalue weighted by atomic mass is 32.2. The van der Waals surface area contributed by atoms with Gasteiger partial charge in [-0.05, 0) is 42.5 Å². The number of nitrogens with zero attached hydrogens (tertiary/aromatic N) is 3. The lowest BCUT2D eigenvalue weighted by molar-refractivity contribution is -0.113. The highest BCUT2D eigenvalue weighted by Gasteiger charge is 2.26. The van der Waals surface area contributed by atoms with Crippen LogP contribution in [0.2, 0.25) is 0 Å². The van der Waals surface area contributed by atoms with Gasteiger partial charge >= 0.3 is 5.97 Å². The van der Waals surface area contributed by atoms with Crippen molar-refractivity contribution in [3.05, 3.63) is 51.7 Å². The van der Waals surface area contributed by atoms with Crippen LogP contribution in [0.3, 0.4) is 0 Å². The van der Waals surface area contributed by atoms with Gasteiger partial charge in [-0.3, -0.25) is 9.59 Å². The molecule has 2 amide bonds. The van der Waals surface area contributed by atoms with Gasteiger partial charge in [0.2, 0.25) is 5.91 Å². The number of thioether (sulfide) groups is 1. The summed E-state index contributed by atoms with van der Waals surface area (Å²) in [6, 6.07) is 7.94. The number of hydrogen-bond acceptors (Lipinski definition) is 9. The van der Waals surface area contributed by atoms with Crippen molar-refractivity contribution in [3.8, 4) is 5.75 Å². The van der Waals surface area contributed by atoms with E-state index >= 15 is 0 Å². The van der Waals surface area contributed by atoms with Crippen molar-refractivity contribution in [1.29, 1.82) is 0 Å². The summed E-state index contributed by atoms with van der Waals surface area (Å²) in [5.41, 5.74) is 7.21. The highest BCUT2D eigenvalue weighted by molar-refractivity contribution is 7.99. The fourth-order valence-corrected chi connectivity index (χ4v) is 5.17. The third-order valence-corrected chi connectivity index (χ3v) is 7.69. The molecule has 0 fully saturated rings. The van der Waals surface area contributed by atoms with Crippen LogP contribution in [0.15, 0.2) is 29.4 Å². The van der Waals surface area contributed by atoms with Crippen molar-refractivity contribution < 1.29 is 23.9 Å². The summed E-state index contributed by atoms with van der Waals surface area (Å²) in [4.78, 5) is 37.0. The van der Waals surface area contributed by atoms with E-state index in [1.54, 1.807) is 25.5 Å². The number of ether oxygens (including phenoxy) is 2. The van der Waals surface area contributed by atoms with Crippen LogP contribution in [-0.2, 0) is 28.6 Å². The average molecular weight is 546 g/mol. The minimum absolute atomic E-state index is 0.00616. The second kappa shape index (κ2) is 11.8. The van der Waals surface area contributed by atoms with E-state index < -0.39 is 11.9 Å². The smallest absolute Gasteiger partial charge is 0.341 e. The predicted octanol–water partition coefficient (Wildman–Crippen LogP) is 4.07. The molecule has 12 heteroatoms. The molecule has 3 N–H and O–H groups in total. The van der Waals surface area contributed by atoms with Gasteiger partial charge in [0.15, 0.2) is 11.0 Å². The van der Waals surface area contributed by atoms with Crippen molar-refractivity contribution in [2.24, 2.45) is 12.8 Å². The number of amides is 2. The molecule has 3 rings (SSSR count). The first-order chi connectivity index (χ1) is 17.4. The molecule has 0 atom stereocenters. The van der Waals surface area contributed by atoms with Gasteiger partial charge in [-0.25, -0.2) is 4.79 Å². The molecule has 0 bridgehead atoms. The van der Waals surface area contributed by atoms with E-state index in [0.717, 1.165) is 17.1 Å². The van der Waals surface area contributed by atoms with E-state index in [0.29, 0.717) is 16.5 Å². The Morgan fingerprint density at radius 3 is 2.43 bits per heavy atom. The number of rotatable bonds is 10. The molecule has 0 aliphatic rings. The highest BCUT2D eigenvalue weighted by Crippen LogP contribution is 2.34. The van der Waals surface area contributed by atoms with E-state index in [-0.39, 0.29) is 45.7 Å². The third-order valence-electron chi connectivity index (χ3n) is 5.45. The lowest BCUT2D eigenvalue weighted by Crippen LogP contribution is -2.17. The summed E-state index contributed by atoms with van der Waals surface area (Å²) in [7, 11) is 1.79. The number of thiophene rings is 1. The third kappa shape index (κ3) is 6.89. The minimum Gasteiger partial charge on any atom is -0.486 e. The van der Waals surface area contributed by atoms with Gasteiger partial charge in [-0.15, -0.1) is 21.5 Å². The Kier molecular flexibility index (Phi) is 8.98. The largest absolute Gasteiger partial charge is 0.486 e. The van der Waals surface area contributed by atoms with Gasteiger partial charge in [-0.2, -0.15) is 0 Å². The van der Waals surface area contributed by atoms with Crippen LogP contribution < -0.4 is 15.8 Å². The van der Waals surface area contributed by atoms with Gasteiger partial charge in [0.1, 0.15) is 17.4 Å². The van der Waals surface area contributed by atoms with Crippen molar-refractivity contribution in [2.45, 2.75) is 51.8 Å². The van der Waals surface area contributed by atoms with Crippen LogP contribution in [0.25, 0.3) is 0 Å². The number of esters is 1. The van der Waals surface area contributed by atoms with Crippen LogP contribution >= 0.6 is 23.1 Å². The fourth-order valence-electron chi connectivity index (χ4n) is 3.37. The Hall–Kier alpha value is -3.38. The summed E-state index contributed by atoms with van der Waals surface area (Å²) in [5.74, 6) is -0.352. The van der Waals surface area contributed by atoms with Crippen LogP contribution in [0.4, 0.5) is 5.00 Å². The number of carbonyl (C=O) groups is 3. The van der Waals surface area contributed by atoms with Gasteiger partial charge in [0.25, 0.3) is 5.91 Å². The number of aromatic nitrogens is 3. The Bertz CT molecular complexity index is 1290. The molecule has 198 valence electrons. The van der Waals surface area contributed by atoms with Crippen molar-refractivity contribution in [1.82, 2.24) is 14.8 Å². The molecular formula is C25H31N5O5S2. The number of nitrogens with one attached hydrogen (secondary N) is 1. The minimum atomic E-state index is -0.679. The maximum Gasteiger partial charge on any atom is 0.341 e. The van der Waals surface area contributed by atoms with Crippen molar-refractivity contribution in [3.63, 3.8) is 0 Å². The molecule has 0 radical (unpaired) electrons. The summed E-state index contributed by atoms with van der Waals surface area (Å²) in [6.45, 7) is 10.1. The Morgan fingerprint density at radius 1 is 1.16 bits per heavy atom. The normalized spacial score (nSPS) is 11.3. The second-order valence-corrected chi connectivity index (χ2v) is 11.2. The van der Waals surface area contributed by atoms with E-state index in [2.05, 4.69) is 36.3 Å². The predicted molar refractivity (Wildman–Crippen MR) is 143 cm³/mol. The molecule has 1 aromatic carbocycles. The summed E-state index contributed by atoms with van der Waals surface area (Å²) in [5, 5.41) is 11.8. The molecule has 0 spiro atoms. The Labute approximate surface area is 223 Å².